The van der Waals surface area contributed by atoms with E-state index in [1.165, 1.54) is 0 Å². The SMILES string of the molecule is CCCCOC(=O)C(N)C(F)(F)C(O)C(N)Cc1ccccc1. The number of alkyl halides is 2. The number of hydrogen-bond donors (Lipinski definition) is 3. The zero-order valence-electron chi connectivity index (χ0n) is 13.1. The van der Waals surface area contributed by atoms with Crippen LogP contribution in [0.15, 0.2) is 30.3 Å². The summed E-state index contributed by atoms with van der Waals surface area (Å²) in [6.07, 6.45) is -0.907. The number of halogens is 2. The zero-order chi connectivity index (χ0) is 17.5. The smallest absolute Gasteiger partial charge is 0.329 e. The van der Waals surface area contributed by atoms with Crippen LogP contribution in [0.2, 0.25) is 0 Å². The molecule has 1 aromatic carbocycles. The highest BCUT2D eigenvalue weighted by Crippen LogP contribution is 2.26. The van der Waals surface area contributed by atoms with Gasteiger partial charge in [-0.3, -0.25) is 4.79 Å². The Bertz CT molecular complexity index is 485. The normalized spacial score (nSPS) is 15.7. The Morgan fingerprint density at radius 1 is 1.30 bits per heavy atom. The van der Waals surface area contributed by atoms with Crippen LogP contribution in [0.1, 0.15) is 25.3 Å². The van der Waals surface area contributed by atoms with Crippen LogP contribution in [0.3, 0.4) is 0 Å². The Morgan fingerprint density at radius 3 is 2.48 bits per heavy atom. The van der Waals surface area contributed by atoms with E-state index >= 15 is 0 Å². The minimum atomic E-state index is -3.88. The number of aliphatic hydroxyl groups excluding tert-OH is 1. The average Bonchev–Trinajstić information content (AvgIpc) is 2.54. The summed E-state index contributed by atoms with van der Waals surface area (Å²) in [5.41, 5.74) is 11.6. The Labute approximate surface area is 134 Å². The molecule has 130 valence electrons. The molecule has 0 saturated carbocycles. The largest absolute Gasteiger partial charge is 0.464 e. The number of ether oxygens (including phenoxy) is 1. The molecular formula is C16H24F2N2O3. The summed E-state index contributed by atoms with van der Waals surface area (Å²) in [5.74, 6) is -5.12. The highest BCUT2D eigenvalue weighted by Gasteiger charge is 2.51. The van der Waals surface area contributed by atoms with Crippen LogP contribution in [-0.2, 0) is 16.0 Å². The van der Waals surface area contributed by atoms with E-state index in [1.807, 2.05) is 6.92 Å². The Kier molecular flexibility index (Phi) is 7.54. The Balaban J connectivity index is 2.66. The van der Waals surface area contributed by atoms with Gasteiger partial charge in [0, 0.05) is 6.04 Å². The topological polar surface area (TPSA) is 98.6 Å². The van der Waals surface area contributed by atoms with Crippen LogP contribution in [0.5, 0.6) is 0 Å². The third kappa shape index (κ3) is 5.53. The Morgan fingerprint density at radius 2 is 1.91 bits per heavy atom. The highest BCUT2D eigenvalue weighted by atomic mass is 19.3. The van der Waals surface area contributed by atoms with Crippen molar-refractivity contribution in [2.75, 3.05) is 6.61 Å². The van der Waals surface area contributed by atoms with Gasteiger partial charge in [-0.1, -0.05) is 43.7 Å². The molecule has 5 N–H and O–H groups in total. The summed E-state index contributed by atoms with van der Waals surface area (Å²) in [4.78, 5) is 11.6. The van der Waals surface area contributed by atoms with E-state index in [1.54, 1.807) is 30.3 Å². The van der Waals surface area contributed by atoms with Crippen LogP contribution in [0.25, 0.3) is 0 Å². The fourth-order valence-electron chi connectivity index (χ4n) is 2.03. The third-order valence-electron chi connectivity index (χ3n) is 3.52. The van der Waals surface area contributed by atoms with Gasteiger partial charge in [-0.05, 0) is 18.4 Å². The molecule has 7 heteroatoms. The summed E-state index contributed by atoms with van der Waals surface area (Å²) >= 11 is 0. The molecule has 3 atom stereocenters. The van der Waals surface area contributed by atoms with Crippen molar-refractivity contribution in [3.8, 4) is 0 Å². The molecule has 0 radical (unpaired) electrons. The first-order valence-corrected chi connectivity index (χ1v) is 7.58. The van der Waals surface area contributed by atoms with Crippen molar-refractivity contribution in [3.05, 3.63) is 35.9 Å². The van der Waals surface area contributed by atoms with Crippen molar-refractivity contribution in [3.63, 3.8) is 0 Å². The maximum absolute atomic E-state index is 14.2. The van der Waals surface area contributed by atoms with E-state index in [2.05, 4.69) is 4.74 Å². The fraction of sp³-hybridized carbons (Fsp3) is 0.562. The number of hydrogen-bond acceptors (Lipinski definition) is 5. The molecule has 0 aromatic heterocycles. The van der Waals surface area contributed by atoms with E-state index in [4.69, 9.17) is 11.5 Å². The predicted octanol–water partition coefficient (Wildman–Crippen LogP) is 1.22. The summed E-state index contributed by atoms with van der Waals surface area (Å²) in [5, 5.41) is 9.83. The first-order valence-electron chi connectivity index (χ1n) is 7.58. The quantitative estimate of drug-likeness (QED) is 0.467. The lowest BCUT2D eigenvalue weighted by Gasteiger charge is -2.30. The lowest BCUT2D eigenvalue weighted by atomic mass is 9.94. The highest BCUT2D eigenvalue weighted by molar-refractivity contribution is 5.77. The number of rotatable bonds is 9. The molecular weight excluding hydrogens is 306 g/mol. The molecule has 3 unspecified atom stereocenters. The van der Waals surface area contributed by atoms with Gasteiger partial charge in [-0.15, -0.1) is 0 Å². The number of esters is 1. The van der Waals surface area contributed by atoms with Gasteiger partial charge in [0.1, 0.15) is 6.10 Å². The number of benzene rings is 1. The summed E-state index contributed by atoms with van der Waals surface area (Å²) < 4.78 is 33.0. The van der Waals surface area contributed by atoms with Crippen molar-refractivity contribution in [1.82, 2.24) is 0 Å². The first kappa shape index (κ1) is 19.5. The molecule has 5 nitrogen and oxygen atoms in total. The maximum atomic E-state index is 14.2. The van der Waals surface area contributed by atoms with E-state index in [-0.39, 0.29) is 13.0 Å². The minimum Gasteiger partial charge on any atom is -0.464 e. The molecule has 23 heavy (non-hydrogen) atoms. The van der Waals surface area contributed by atoms with Crippen molar-refractivity contribution >= 4 is 5.97 Å². The van der Waals surface area contributed by atoms with Gasteiger partial charge in [0.25, 0.3) is 5.92 Å². The number of aliphatic hydroxyl groups is 1. The molecule has 0 bridgehead atoms. The molecule has 0 saturated heterocycles. The monoisotopic (exact) mass is 330 g/mol. The standard InChI is InChI=1S/C16H24F2N2O3/c1-2-3-9-23-15(22)13(20)16(17,18)14(21)12(19)10-11-7-5-4-6-8-11/h4-8,12-14,21H,2-3,9-10,19-20H2,1H3. The maximum Gasteiger partial charge on any atom is 0.329 e. The second-order valence-corrected chi connectivity index (χ2v) is 5.47. The van der Waals surface area contributed by atoms with Crippen molar-refractivity contribution in [2.45, 2.75) is 50.3 Å². The fourth-order valence-corrected chi connectivity index (χ4v) is 2.03. The average molecular weight is 330 g/mol. The first-order chi connectivity index (χ1) is 10.8. The van der Waals surface area contributed by atoms with Gasteiger partial charge < -0.3 is 21.3 Å². The van der Waals surface area contributed by atoms with Crippen molar-refractivity contribution in [2.24, 2.45) is 11.5 Å². The van der Waals surface area contributed by atoms with Gasteiger partial charge in [0.2, 0.25) is 0 Å². The van der Waals surface area contributed by atoms with Crippen LogP contribution >= 0.6 is 0 Å². The van der Waals surface area contributed by atoms with Gasteiger partial charge in [0.05, 0.1) is 6.61 Å². The second kappa shape index (κ2) is 8.90. The molecule has 1 aromatic rings. The van der Waals surface area contributed by atoms with E-state index in [9.17, 15) is 18.7 Å². The molecule has 0 aliphatic carbocycles. The lowest BCUT2D eigenvalue weighted by molar-refractivity contribution is -0.171. The zero-order valence-corrected chi connectivity index (χ0v) is 13.1. The van der Waals surface area contributed by atoms with Gasteiger partial charge in [-0.2, -0.15) is 0 Å². The van der Waals surface area contributed by atoms with Gasteiger partial charge >= 0.3 is 5.97 Å². The molecule has 0 heterocycles. The van der Waals surface area contributed by atoms with E-state index < -0.39 is 30.1 Å². The molecule has 0 spiro atoms. The summed E-state index contributed by atoms with van der Waals surface area (Å²) in [6, 6.07) is 5.17. The van der Waals surface area contributed by atoms with E-state index in [0.29, 0.717) is 12.0 Å². The van der Waals surface area contributed by atoms with Gasteiger partial charge in [-0.25, -0.2) is 8.78 Å². The van der Waals surface area contributed by atoms with Crippen molar-refractivity contribution in [1.29, 1.82) is 0 Å². The second-order valence-electron chi connectivity index (χ2n) is 5.47. The van der Waals surface area contributed by atoms with Crippen molar-refractivity contribution < 1.29 is 23.4 Å². The number of nitrogens with two attached hydrogens (primary N) is 2. The molecule has 0 fully saturated rings. The number of unbranched alkanes of at least 4 members (excludes halogenated alkanes) is 1. The van der Waals surface area contributed by atoms with Gasteiger partial charge in [0.15, 0.2) is 6.04 Å². The molecule has 0 aliphatic rings. The summed E-state index contributed by atoms with van der Waals surface area (Å²) in [7, 11) is 0. The molecule has 1 rings (SSSR count). The minimum absolute atomic E-state index is 0.0191. The Hall–Kier alpha value is -1.57. The number of carbonyl (C=O) groups excluding carboxylic acids is 1. The predicted molar refractivity (Wildman–Crippen MR) is 82.9 cm³/mol. The number of carbonyl (C=O) groups is 1. The lowest BCUT2D eigenvalue weighted by Crippen LogP contribution is -2.60. The van der Waals surface area contributed by atoms with E-state index in [0.717, 1.165) is 6.42 Å². The van der Waals surface area contributed by atoms with Crippen LogP contribution in [-0.4, -0.2) is 41.8 Å². The molecule has 0 amide bonds. The van der Waals surface area contributed by atoms with Crippen LogP contribution < -0.4 is 11.5 Å². The van der Waals surface area contributed by atoms with Crippen LogP contribution in [0.4, 0.5) is 8.78 Å². The molecule has 0 aliphatic heterocycles. The third-order valence-corrected chi connectivity index (χ3v) is 3.52. The van der Waals surface area contributed by atoms with Crippen LogP contribution in [0, 0.1) is 0 Å². The summed E-state index contributed by atoms with van der Waals surface area (Å²) in [6.45, 7) is 1.89.